The van der Waals surface area contributed by atoms with E-state index < -0.39 is 11.3 Å². The van der Waals surface area contributed by atoms with Crippen molar-refractivity contribution in [3.05, 3.63) is 54.1 Å². The Morgan fingerprint density at radius 2 is 1.33 bits per heavy atom. The smallest absolute Gasteiger partial charge is 0.308 e. The van der Waals surface area contributed by atoms with Gasteiger partial charge in [0.25, 0.3) is 11.3 Å². The molecule has 2 aromatic carbocycles. The Balaban J connectivity index is 1.93. The minimum atomic E-state index is -2.11. The molecule has 0 fully saturated rings. The molecule has 2 amide bonds. The van der Waals surface area contributed by atoms with E-state index in [1.165, 1.54) is 0 Å². The van der Waals surface area contributed by atoms with Crippen LogP contribution in [0.3, 0.4) is 0 Å². The maximum absolute atomic E-state index is 11.8. The molecule has 0 aromatic heterocycles. The van der Waals surface area contributed by atoms with E-state index in [0.717, 1.165) is 5.56 Å². The van der Waals surface area contributed by atoms with Gasteiger partial charge in [0.2, 0.25) is 0 Å². The van der Waals surface area contributed by atoms with Crippen LogP contribution in [0.4, 0.5) is 21.9 Å². The van der Waals surface area contributed by atoms with Gasteiger partial charge in [-0.05, 0) is 43.3 Å². The first-order valence-corrected chi connectivity index (χ1v) is 7.26. The zero-order chi connectivity index (χ0) is 15.2. The molecular formula is C14H15N3O3S. The second kappa shape index (κ2) is 6.87. The number of hydrogen-bond acceptors (Lipinski definition) is 2. The molecule has 2 rings (SSSR count). The van der Waals surface area contributed by atoms with Crippen molar-refractivity contribution >= 4 is 34.4 Å². The lowest BCUT2D eigenvalue weighted by molar-refractivity contribution is 0.262. The van der Waals surface area contributed by atoms with Gasteiger partial charge in [0.05, 0.1) is 0 Å². The van der Waals surface area contributed by atoms with E-state index in [0.29, 0.717) is 17.1 Å². The van der Waals surface area contributed by atoms with Crippen LogP contribution in [0.25, 0.3) is 0 Å². The molecule has 0 aliphatic heterocycles. The number of hydrogen-bond donors (Lipinski definition) is 4. The molecule has 0 aliphatic rings. The van der Waals surface area contributed by atoms with Crippen molar-refractivity contribution in [3.8, 4) is 0 Å². The highest BCUT2D eigenvalue weighted by atomic mass is 32.2. The lowest BCUT2D eigenvalue weighted by Gasteiger charge is -2.08. The van der Waals surface area contributed by atoms with E-state index in [1.807, 2.05) is 31.2 Å². The Morgan fingerprint density at radius 1 is 0.905 bits per heavy atom. The maximum Gasteiger partial charge on any atom is 0.323 e. The van der Waals surface area contributed by atoms with Gasteiger partial charge in [-0.1, -0.05) is 17.7 Å². The molecule has 6 nitrogen and oxygen atoms in total. The summed E-state index contributed by atoms with van der Waals surface area (Å²) in [5.74, 6) is 0. The van der Waals surface area contributed by atoms with Crippen molar-refractivity contribution in [3.63, 3.8) is 0 Å². The average Bonchev–Trinajstić information content (AvgIpc) is 2.43. The number of urea groups is 1. The van der Waals surface area contributed by atoms with Gasteiger partial charge in [-0.2, -0.15) is 0 Å². The number of benzene rings is 2. The third-order valence-corrected chi connectivity index (χ3v) is 3.07. The topological polar surface area (TPSA) is 90.5 Å². The first-order valence-electron chi connectivity index (χ1n) is 6.15. The highest BCUT2D eigenvalue weighted by molar-refractivity contribution is 7.80. The first-order chi connectivity index (χ1) is 10.0. The summed E-state index contributed by atoms with van der Waals surface area (Å²) in [6.45, 7) is 1.97. The molecule has 0 saturated carbocycles. The van der Waals surface area contributed by atoms with Crippen LogP contribution >= 0.6 is 0 Å². The second-order valence-corrected chi connectivity index (χ2v) is 5.08. The number of rotatable bonds is 4. The van der Waals surface area contributed by atoms with Crippen LogP contribution in [0.15, 0.2) is 48.5 Å². The fraction of sp³-hybridized carbons (Fsp3) is 0.0714. The normalized spacial score (nSPS) is 11.5. The summed E-state index contributed by atoms with van der Waals surface area (Å²) in [4.78, 5) is 11.8. The van der Waals surface area contributed by atoms with Gasteiger partial charge in [0, 0.05) is 17.1 Å². The molecule has 1 unspecified atom stereocenters. The van der Waals surface area contributed by atoms with Crippen LogP contribution in [0.2, 0.25) is 0 Å². The van der Waals surface area contributed by atoms with E-state index in [1.54, 1.807) is 24.3 Å². The van der Waals surface area contributed by atoms with Gasteiger partial charge >= 0.3 is 6.03 Å². The fourth-order valence-electron chi connectivity index (χ4n) is 1.65. The molecule has 0 heterocycles. The van der Waals surface area contributed by atoms with Gasteiger partial charge < -0.3 is 10.6 Å². The van der Waals surface area contributed by atoms with Crippen molar-refractivity contribution in [2.75, 3.05) is 15.4 Å². The number of carbonyl (C=O) groups excluding carboxylic acids is 1. The first kappa shape index (κ1) is 15.0. The fourth-order valence-corrected chi connectivity index (χ4v) is 1.99. The maximum atomic E-state index is 11.8. The van der Waals surface area contributed by atoms with E-state index in [4.69, 9.17) is 4.55 Å². The van der Waals surface area contributed by atoms with Crippen molar-refractivity contribution in [2.24, 2.45) is 0 Å². The Bertz CT molecular complexity index is 642. The summed E-state index contributed by atoms with van der Waals surface area (Å²) in [5, 5.41) is 5.38. The minimum absolute atomic E-state index is 0.356. The predicted molar refractivity (Wildman–Crippen MR) is 84.7 cm³/mol. The molecule has 0 spiro atoms. The highest BCUT2D eigenvalue weighted by Crippen LogP contribution is 2.14. The van der Waals surface area contributed by atoms with Crippen LogP contribution < -0.4 is 15.4 Å². The third-order valence-electron chi connectivity index (χ3n) is 2.66. The number of anilines is 3. The highest BCUT2D eigenvalue weighted by Gasteiger charge is 2.03. The second-order valence-electron chi connectivity index (χ2n) is 4.37. The summed E-state index contributed by atoms with van der Waals surface area (Å²) in [6, 6.07) is 13.5. The molecule has 0 aliphatic carbocycles. The zero-order valence-corrected chi connectivity index (χ0v) is 12.1. The molecule has 110 valence electrons. The number of nitrogens with one attached hydrogen (secondary N) is 3. The van der Waals surface area contributed by atoms with Crippen molar-refractivity contribution in [2.45, 2.75) is 6.92 Å². The summed E-state index contributed by atoms with van der Waals surface area (Å²) in [7, 11) is 0. The van der Waals surface area contributed by atoms with E-state index >= 15 is 0 Å². The quantitative estimate of drug-likeness (QED) is 0.654. The molecular weight excluding hydrogens is 290 g/mol. The van der Waals surface area contributed by atoms with Crippen molar-refractivity contribution in [1.29, 1.82) is 0 Å². The van der Waals surface area contributed by atoms with Gasteiger partial charge in [-0.15, -0.1) is 0 Å². The standard InChI is InChI=1S/C14H15N3O3S/c1-10-2-4-11(5-3-10)15-14(18)16-12-6-8-13(9-7-12)17-21(19)20/h2-9,17H,1H3,(H,19,20)(H2,15,16,18). The summed E-state index contributed by atoms with van der Waals surface area (Å²) in [6.07, 6.45) is 0. The molecule has 1 atom stereocenters. The molecule has 4 N–H and O–H groups in total. The number of amides is 2. The zero-order valence-electron chi connectivity index (χ0n) is 11.3. The molecule has 2 aromatic rings. The molecule has 0 radical (unpaired) electrons. The minimum Gasteiger partial charge on any atom is -0.308 e. The van der Waals surface area contributed by atoms with Crippen molar-refractivity contribution in [1.82, 2.24) is 0 Å². The SMILES string of the molecule is Cc1ccc(NC(=O)Nc2ccc(NS(=O)O)cc2)cc1. The predicted octanol–water partition coefficient (Wildman–Crippen LogP) is 3.19. The Kier molecular flexibility index (Phi) is 4.91. The van der Waals surface area contributed by atoms with Gasteiger partial charge in [0.1, 0.15) is 0 Å². The summed E-state index contributed by atoms with van der Waals surface area (Å²) < 4.78 is 21.6. The molecule has 0 saturated heterocycles. The third kappa shape index (κ3) is 4.90. The lowest BCUT2D eigenvalue weighted by Crippen LogP contribution is -2.19. The van der Waals surface area contributed by atoms with E-state index in [-0.39, 0.29) is 6.03 Å². The van der Waals surface area contributed by atoms with Crippen LogP contribution in [0.5, 0.6) is 0 Å². The number of carbonyl (C=O) groups is 1. The van der Waals surface area contributed by atoms with Gasteiger partial charge in [0.15, 0.2) is 0 Å². The Morgan fingerprint density at radius 3 is 1.81 bits per heavy atom. The molecule has 0 bridgehead atoms. The molecule has 21 heavy (non-hydrogen) atoms. The van der Waals surface area contributed by atoms with Crippen LogP contribution in [-0.4, -0.2) is 14.8 Å². The Labute approximate surface area is 125 Å². The average molecular weight is 305 g/mol. The molecule has 7 heteroatoms. The number of aryl methyl sites for hydroxylation is 1. The van der Waals surface area contributed by atoms with E-state index in [9.17, 15) is 9.00 Å². The van der Waals surface area contributed by atoms with Crippen LogP contribution in [0, 0.1) is 6.92 Å². The Hall–Kier alpha value is -2.38. The lowest BCUT2D eigenvalue weighted by atomic mass is 10.2. The van der Waals surface area contributed by atoms with Gasteiger partial charge in [-0.25, -0.2) is 9.00 Å². The van der Waals surface area contributed by atoms with Crippen LogP contribution in [0.1, 0.15) is 5.56 Å². The van der Waals surface area contributed by atoms with Crippen molar-refractivity contribution < 1.29 is 13.6 Å². The van der Waals surface area contributed by atoms with Crippen LogP contribution in [-0.2, 0) is 11.3 Å². The summed E-state index contributed by atoms with van der Waals surface area (Å²) in [5.41, 5.74) is 2.88. The van der Waals surface area contributed by atoms with E-state index in [2.05, 4.69) is 15.4 Å². The van der Waals surface area contributed by atoms with Gasteiger partial charge in [-0.3, -0.25) is 9.27 Å². The summed E-state index contributed by atoms with van der Waals surface area (Å²) >= 11 is -2.11. The largest absolute Gasteiger partial charge is 0.323 e. The monoisotopic (exact) mass is 305 g/mol.